The number of amides is 2. The number of fused-ring (bicyclic) bond motifs is 1. The Morgan fingerprint density at radius 3 is 2.26 bits per heavy atom. The molecular weight excluding hydrogens is 304 g/mol. The second kappa shape index (κ2) is 5.79. The zero-order valence-corrected chi connectivity index (χ0v) is 12.3. The summed E-state index contributed by atoms with van der Waals surface area (Å²) in [5, 5.41) is 0. The summed E-state index contributed by atoms with van der Waals surface area (Å²) in [5.41, 5.74) is 0.669. The molecule has 1 aliphatic heterocycles. The van der Waals surface area contributed by atoms with Gasteiger partial charge in [0.15, 0.2) is 11.6 Å². The van der Waals surface area contributed by atoms with Crippen molar-refractivity contribution in [2.24, 2.45) is 0 Å². The van der Waals surface area contributed by atoms with Gasteiger partial charge in [0.2, 0.25) is 0 Å². The average molecular weight is 317 g/mol. The maximum absolute atomic E-state index is 13.5. The van der Waals surface area contributed by atoms with E-state index in [2.05, 4.69) is 0 Å². The van der Waals surface area contributed by atoms with Crippen LogP contribution >= 0.6 is 0 Å². The number of carbonyl (C=O) groups excluding carboxylic acids is 2. The molecule has 23 heavy (non-hydrogen) atoms. The maximum atomic E-state index is 13.5. The molecule has 0 spiro atoms. The normalized spacial score (nSPS) is 14.8. The van der Waals surface area contributed by atoms with Crippen LogP contribution in [-0.4, -0.2) is 29.4 Å². The van der Waals surface area contributed by atoms with Crippen LogP contribution in [0.3, 0.4) is 0 Å². The van der Waals surface area contributed by atoms with Gasteiger partial charge < -0.3 is 4.74 Å². The molecule has 0 saturated carbocycles. The quantitative estimate of drug-likeness (QED) is 0.814. The maximum Gasteiger partial charge on any atom is 0.261 e. The molecule has 2 aromatic rings. The van der Waals surface area contributed by atoms with Crippen molar-refractivity contribution in [3.8, 4) is 5.75 Å². The monoisotopic (exact) mass is 317 g/mol. The highest BCUT2D eigenvalue weighted by molar-refractivity contribution is 6.21. The summed E-state index contributed by atoms with van der Waals surface area (Å²) < 4.78 is 31.9. The number of benzene rings is 2. The standard InChI is InChI=1S/C17H13F2NO3/c1-10(9-23-15-8-11(18)6-7-14(15)19)20-16(21)12-4-2-3-5-13(12)17(20)22/h2-8,10H,9H2,1H3/t10-/m1/s1. The van der Waals surface area contributed by atoms with E-state index in [0.717, 1.165) is 23.1 Å². The Morgan fingerprint density at radius 1 is 1.04 bits per heavy atom. The van der Waals surface area contributed by atoms with Crippen LogP contribution in [0.5, 0.6) is 5.75 Å². The topological polar surface area (TPSA) is 46.6 Å². The number of hydrogen-bond acceptors (Lipinski definition) is 3. The van der Waals surface area contributed by atoms with Crippen molar-refractivity contribution in [1.82, 2.24) is 4.90 Å². The van der Waals surface area contributed by atoms with Crippen molar-refractivity contribution in [2.75, 3.05) is 6.61 Å². The second-order valence-electron chi connectivity index (χ2n) is 5.26. The number of imide groups is 1. The molecule has 6 heteroatoms. The summed E-state index contributed by atoms with van der Waals surface area (Å²) in [5.74, 6) is -2.42. The lowest BCUT2D eigenvalue weighted by molar-refractivity contribution is 0.0549. The summed E-state index contributed by atoms with van der Waals surface area (Å²) in [6.07, 6.45) is 0. The first-order chi connectivity index (χ1) is 11.0. The van der Waals surface area contributed by atoms with E-state index in [9.17, 15) is 18.4 Å². The lowest BCUT2D eigenvalue weighted by atomic mass is 10.1. The van der Waals surface area contributed by atoms with E-state index in [1.165, 1.54) is 0 Å². The van der Waals surface area contributed by atoms with Gasteiger partial charge in [-0.25, -0.2) is 8.78 Å². The third-order valence-corrected chi connectivity index (χ3v) is 3.64. The summed E-state index contributed by atoms with van der Waals surface area (Å²) in [7, 11) is 0. The Labute approximate surface area is 131 Å². The van der Waals surface area contributed by atoms with Crippen LogP contribution in [0.25, 0.3) is 0 Å². The lowest BCUT2D eigenvalue weighted by Gasteiger charge is -2.22. The first-order valence-electron chi connectivity index (χ1n) is 7.04. The molecule has 118 valence electrons. The van der Waals surface area contributed by atoms with Gasteiger partial charge in [-0.1, -0.05) is 12.1 Å². The van der Waals surface area contributed by atoms with Crippen LogP contribution in [0.15, 0.2) is 42.5 Å². The summed E-state index contributed by atoms with van der Waals surface area (Å²) >= 11 is 0. The number of carbonyl (C=O) groups is 2. The van der Waals surface area contributed by atoms with Crippen LogP contribution in [0.4, 0.5) is 8.78 Å². The van der Waals surface area contributed by atoms with Crippen LogP contribution in [-0.2, 0) is 0 Å². The molecule has 0 aromatic heterocycles. The van der Waals surface area contributed by atoms with Gasteiger partial charge >= 0.3 is 0 Å². The predicted molar refractivity (Wildman–Crippen MR) is 78.3 cm³/mol. The molecule has 0 unspecified atom stereocenters. The molecule has 0 fully saturated rings. The Morgan fingerprint density at radius 2 is 1.65 bits per heavy atom. The SMILES string of the molecule is C[C@H](COc1cc(F)ccc1F)N1C(=O)c2ccccc2C1=O. The van der Waals surface area contributed by atoms with Crippen LogP contribution in [0, 0.1) is 11.6 Å². The summed E-state index contributed by atoms with van der Waals surface area (Å²) in [6, 6.07) is 8.75. The van der Waals surface area contributed by atoms with Crippen molar-refractivity contribution in [3.05, 3.63) is 65.2 Å². The molecular formula is C17H13F2NO3. The van der Waals surface area contributed by atoms with E-state index in [0.29, 0.717) is 11.1 Å². The van der Waals surface area contributed by atoms with Gasteiger partial charge in [-0.3, -0.25) is 14.5 Å². The van der Waals surface area contributed by atoms with Crippen molar-refractivity contribution >= 4 is 11.8 Å². The second-order valence-corrected chi connectivity index (χ2v) is 5.26. The van der Waals surface area contributed by atoms with Gasteiger partial charge in [0, 0.05) is 6.07 Å². The van der Waals surface area contributed by atoms with E-state index < -0.39 is 29.5 Å². The average Bonchev–Trinajstić information content (AvgIpc) is 2.80. The Kier molecular flexibility index (Phi) is 3.82. The molecule has 4 nitrogen and oxygen atoms in total. The smallest absolute Gasteiger partial charge is 0.261 e. The van der Waals surface area contributed by atoms with Gasteiger partial charge in [-0.15, -0.1) is 0 Å². The number of nitrogens with zero attached hydrogens (tertiary/aromatic N) is 1. The highest BCUT2D eigenvalue weighted by Crippen LogP contribution is 2.25. The minimum atomic E-state index is -0.707. The third kappa shape index (κ3) is 2.67. The van der Waals surface area contributed by atoms with E-state index in [-0.39, 0.29) is 12.4 Å². The molecule has 0 aliphatic carbocycles. The molecule has 1 atom stereocenters. The molecule has 0 N–H and O–H groups in total. The van der Waals surface area contributed by atoms with E-state index in [4.69, 9.17) is 4.74 Å². The van der Waals surface area contributed by atoms with Gasteiger partial charge in [0.25, 0.3) is 11.8 Å². The zero-order valence-electron chi connectivity index (χ0n) is 12.3. The van der Waals surface area contributed by atoms with Gasteiger partial charge in [-0.05, 0) is 31.2 Å². The van der Waals surface area contributed by atoms with Crippen molar-refractivity contribution in [3.63, 3.8) is 0 Å². The van der Waals surface area contributed by atoms with Crippen LogP contribution in [0.2, 0.25) is 0 Å². The number of rotatable bonds is 4. The first kappa shape index (κ1) is 15.1. The van der Waals surface area contributed by atoms with Crippen LogP contribution < -0.4 is 4.74 Å². The fourth-order valence-corrected chi connectivity index (χ4v) is 2.48. The molecule has 0 radical (unpaired) electrons. The highest BCUT2D eigenvalue weighted by Gasteiger charge is 2.38. The third-order valence-electron chi connectivity index (χ3n) is 3.64. The molecule has 3 rings (SSSR count). The van der Waals surface area contributed by atoms with Crippen molar-refractivity contribution < 1.29 is 23.1 Å². The fraction of sp³-hybridized carbons (Fsp3) is 0.176. The van der Waals surface area contributed by atoms with Gasteiger partial charge in [0.05, 0.1) is 17.2 Å². The Hall–Kier alpha value is -2.76. The lowest BCUT2D eigenvalue weighted by Crippen LogP contribution is -2.41. The molecule has 0 bridgehead atoms. The van der Waals surface area contributed by atoms with E-state index in [1.807, 2.05) is 0 Å². The minimum Gasteiger partial charge on any atom is -0.488 e. The highest BCUT2D eigenvalue weighted by atomic mass is 19.1. The van der Waals surface area contributed by atoms with Gasteiger partial charge in [0.1, 0.15) is 12.4 Å². The first-order valence-corrected chi connectivity index (χ1v) is 7.04. The minimum absolute atomic E-state index is 0.133. The molecule has 0 saturated heterocycles. The largest absolute Gasteiger partial charge is 0.488 e. The number of hydrogen-bond donors (Lipinski definition) is 0. The van der Waals surface area contributed by atoms with E-state index in [1.54, 1.807) is 31.2 Å². The molecule has 2 aromatic carbocycles. The Balaban J connectivity index is 1.75. The molecule has 1 heterocycles. The van der Waals surface area contributed by atoms with Crippen molar-refractivity contribution in [2.45, 2.75) is 13.0 Å². The number of ether oxygens (including phenoxy) is 1. The summed E-state index contributed by atoms with van der Waals surface area (Å²) in [6.45, 7) is 1.48. The van der Waals surface area contributed by atoms with E-state index >= 15 is 0 Å². The zero-order chi connectivity index (χ0) is 16.6. The van der Waals surface area contributed by atoms with Crippen LogP contribution in [0.1, 0.15) is 27.6 Å². The fourth-order valence-electron chi connectivity index (χ4n) is 2.48. The molecule has 1 aliphatic rings. The predicted octanol–water partition coefficient (Wildman–Crippen LogP) is 3.03. The number of halogens is 2. The van der Waals surface area contributed by atoms with Crippen molar-refractivity contribution in [1.29, 1.82) is 0 Å². The summed E-state index contributed by atoms with van der Waals surface area (Å²) in [4.78, 5) is 25.7. The molecule has 2 amide bonds. The Bertz CT molecular complexity index is 756. The van der Waals surface area contributed by atoms with Gasteiger partial charge in [-0.2, -0.15) is 0 Å².